The van der Waals surface area contributed by atoms with Crippen LogP contribution in [0.5, 0.6) is 0 Å². The SMILES string of the molecule is CC(C)(C)OC(=O)N[C@H](CCCNC(=O)OCc1ccccc1)C(=O)N1CC[C@](O)(c2ccc(Cl)cc2)C(C)(C)C1. The van der Waals surface area contributed by atoms with Crippen molar-refractivity contribution in [2.45, 2.75) is 77.7 Å². The molecule has 224 valence electrons. The summed E-state index contributed by atoms with van der Waals surface area (Å²) in [5, 5.41) is 17.7. The van der Waals surface area contributed by atoms with Crippen molar-refractivity contribution in [2.24, 2.45) is 5.41 Å². The fourth-order valence-electron chi connectivity index (χ4n) is 4.97. The first-order valence-electron chi connectivity index (χ1n) is 13.9. The van der Waals surface area contributed by atoms with E-state index in [4.69, 9.17) is 21.1 Å². The van der Waals surface area contributed by atoms with Crippen molar-refractivity contribution in [2.75, 3.05) is 19.6 Å². The number of nitrogens with zero attached hydrogens (tertiary/aromatic N) is 1. The van der Waals surface area contributed by atoms with Crippen molar-refractivity contribution in [3.63, 3.8) is 0 Å². The van der Waals surface area contributed by atoms with Crippen LogP contribution in [0.25, 0.3) is 0 Å². The Morgan fingerprint density at radius 2 is 1.71 bits per heavy atom. The third-order valence-electron chi connectivity index (χ3n) is 7.22. The Kier molecular flexibility index (Phi) is 10.7. The molecule has 3 rings (SSSR count). The molecule has 0 radical (unpaired) electrons. The lowest BCUT2D eigenvalue weighted by Gasteiger charge is -2.51. The van der Waals surface area contributed by atoms with Crippen LogP contribution in [0.3, 0.4) is 0 Å². The molecule has 10 heteroatoms. The third-order valence-corrected chi connectivity index (χ3v) is 7.48. The molecule has 0 spiro atoms. The van der Waals surface area contributed by atoms with E-state index in [0.717, 1.165) is 11.1 Å². The van der Waals surface area contributed by atoms with Crippen LogP contribution in [-0.2, 0) is 26.5 Å². The van der Waals surface area contributed by atoms with Gasteiger partial charge in [0.2, 0.25) is 5.91 Å². The Balaban J connectivity index is 1.62. The lowest BCUT2D eigenvalue weighted by atomic mass is 9.66. The highest BCUT2D eigenvalue weighted by Gasteiger charge is 2.50. The normalized spacial score (nSPS) is 19.1. The van der Waals surface area contributed by atoms with Gasteiger partial charge in [-0.05, 0) is 63.3 Å². The molecule has 1 aliphatic rings. The maximum absolute atomic E-state index is 13.7. The Morgan fingerprint density at radius 3 is 2.32 bits per heavy atom. The zero-order valence-electron chi connectivity index (χ0n) is 24.5. The molecule has 0 saturated carbocycles. The molecule has 0 aliphatic carbocycles. The number of hydrogen-bond donors (Lipinski definition) is 3. The molecular weight excluding hydrogens is 546 g/mol. The number of amides is 3. The molecule has 1 aliphatic heterocycles. The van der Waals surface area contributed by atoms with Crippen LogP contribution >= 0.6 is 11.6 Å². The van der Waals surface area contributed by atoms with Crippen LogP contribution in [0.2, 0.25) is 5.02 Å². The van der Waals surface area contributed by atoms with Gasteiger partial charge < -0.3 is 30.1 Å². The minimum Gasteiger partial charge on any atom is -0.445 e. The van der Waals surface area contributed by atoms with Crippen molar-refractivity contribution in [1.82, 2.24) is 15.5 Å². The molecule has 41 heavy (non-hydrogen) atoms. The van der Waals surface area contributed by atoms with Gasteiger partial charge in [0.25, 0.3) is 0 Å². The standard InChI is InChI=1S/C31H42ClN3O6/c1-29(2,3)41-28(38)34-25(12-9-18-33-27(37)40-20-22-10-7-6-8-11-22)26(36)35-19-17-31(39,30(4,5)21-35)23-13-15-24(32)16-14-23/h6-8,10-11,13-16,25,39H,9,12,17-21H2,1-5H3,(H,33,37)(H,34,38)/t25-,31+/m1/s1. The van der Waals surface area contributed by atoms with Crippen LogP contribution in [0, 0.1) is 5.41 Å². The second-order valence-electron chi connectivity index (χ2n) is 12.1. The summed E-state index contributed by atoms with van der Waals surface area (Å²) in [6.07, 6.45) is -0.244. The molecule has 3 N–H and O–H groups in total. The van der Waals surface area contributed by atoms with Crippen LogP contribution in [-0.4, -0.2) is 59.4 Å². The van der Waals surface area contributed by atoms with Crippen LogP contribution in [0.4, 0.5) is 9.59 Å². The molecule has 9 nitrogen and oxygen atoms in total. The van der Waals surface area contributed by atoms with Gasteiger partial charge in [-0.1, -0.05) is 67.9 Å². The number of nitrogens with one attached hydrogen (secondary N) is 2. The zero-order valence-corrected chi connectivity index (χ0v) is 25.3. The number of carbonyl (C=O) groups is 3. The zero-order chi connectivity index (χ0) is 30.3. The number of likely N-dealkylation sites (tertiary alicyclic amines) is 1. The molecule has 3 amide bonds. The van der Waals surface area contributed by atoms with Crippen molar-refractivity contribution < 1.29 is 29.0 Å². The van der Waals surface area contributed by atoms with E-state index in [-0.39, 0.29) is 32.0 Å². The predicted molar refractivity (Wildman–Crippen MR) is 157 cm³/mol. The first kappa shape index (κ1) is 32.2. The van der Waals surface area contributed by atoms with E-state index in [1.54, 1.807) is 37.8 Å². The summed E-state index contributed by atoms with van der Waals surface area (Å²) in [5.41, 5.74) is -0.957. The molecule has 2 aromatic carbocycles. The van der Waals surface area contributed by atoms with Gasteiger partial charge in [-0.2, -0.15) is 0 Å². The van der Waals surface area contributed by atoms with Gasteiger partial charge in [-0.25, -0.2) is 9.59 Å². The highest BCUT2D eigenvalue weighted by Crippen LogP contribution is 2.46. The number of carbonyl (C=O) groups excluding carboxylic acids is 3. The minimum absolute atomic E-state index is 0.154. The fraction of sp³-hybridized carbons (Fsp3) is 0.516. The average Bonchev–Trinajstić information content (AvgIpc) is 2.90. The highest BCUT2D eigenvalue weighted by atomic mass is 35.5. The molecule has 1 saturated heterocycles. The summed E-state index contributed by atoms with van der Waals surface area (Å²) in [5.74, 6) is -0.270. The van der Waals surface area contributed by atoms with Crippen LogP contribution in [0.1, 0.15) is 65.0 Å². The molecule has 0 bridgehead atoms. The van der Waals surface area contributed by atoms with Gasteiger partial charge in [0, 0.05) is 30.1 Å². The third kappa shape index (κ3) is 9.10. The molecule has 1 fully saturated rings. The van der Waals surface area contributed by atoms with Crippen LogP contribution < -0.4 is 10.6 Å². The van der Waals surface area contributed by atoms with E-state index in [9.17, 15) is 19.5 Å². The number of ether oxygens (including phenoxy) is 2. The topological polar surface area (TPSA) is 117 Å². The Labute approximate surface area is 247 Å². The number of alkyl carbamates (subject to hydrolysis) is 2. The molecule has 0 unspecified atom stereocenters. The number of aliphatic hydroxyl groups is 1. The predicted octanol–water partition coefficient (Wildman–Crippen LogP) is 5.39. The number of rotatable bonds is 9. The summed E-state index contributed by atoms with van der Waals surface area (Å²) in [6, 6.07) is 15.6. The first-order chi connectivity index (χ1) is 19.2. The van der Waals surface area contributed by atoms with Crippen molar-refractivity contribution in [1.29, 1.82) is 0 Å². The smallest absolute Gasteiger partial charge is 0.408 e. The second-order valence-corrected chi connectivity index (χ2v) is 12.5. The van der Waals surface area contributed by atoms with E-state index in [1.807, 2.05) is 56.3 Å². The van der Waals surface area contributed by atoms with E-state index in [0.29, 0.717) is 24.4 Å². The largest absolute Gasteiger partial charge is 0.445 e. The van der Waals surface area contributed by atoms with E-state index in [2.05, 4.69) is 10.6 Å². The van der Waals surface area contributed by atoms with Crippen molar-refractivity contribution in [3.05, 3.63) is 70.7 Å². The Morgan fingerprint density at radius 1 is 1.05 bits per heavy atom. The van der Waals surface area contributed by atoms with Gasteiger partial charge in [-0.15, -0.1) is 0 Å². The minimum atomic E-state index is -1.16. The second kappa shape index (κ2) is 13.6. The summed E-state index contributed by atoms with van der Waals surface area (Å²) in [4.78, 5) is 40.1. The van der Waals surface area contributed by atoms with E-state index in [1.165, 1.54) is 0 Å². The highest BCUT2D eigenvalue weighted by molar-refractivity contribution is 6.30. The molecule has 2 atom stereocenters. The maximum atomic E-state index is 13.7. The molecule has 0 aromatic heterocycles. The summed E-state index contributed by atoms with van der Waals surface area (Å²) < 4.78 is 10.6. The van der Waals surface area contributed by atoms with E-state index < -0.39 is 34.8 Å². The maximum Gasteiger partial charge on any atom is 0.408 e. The average molecular weight is 588 g/mol. The number of hydrogen-bond acceptors (Lipinski definition) is 6. The van der Waals surface area contributed by atoms with Gasteiger partial charge in [0.05, 0.1) is 5.60 Å². The first-order valence-corrected chi connectivity index (χ1v) is 14.3. The number of piperidine rings is 1. The summed E-state index contributed by atoms with van der Waals surface area (Å²) in [7, 11) is 0. The van der Waals surface area contributed by atoms with E-state index >= 15 is 0 Å². The van der Waals surface area contributed by atoms with Gasteiger partial charge in [-0.3, -0.25) is 4.79 Å². The monoisotopic (exact) mass is 587 g/mol. The van der Waals surface area contributed by atoms with Crippen LogP contribution in [0.15, 0.2) is 54.6 Å². The van der Waals surface area contributed by atoms with Gasteiger partial charge in [0.1, 0.15) is 18.2 Å². The Bertz CT molecular complexity index is 1180. The molecule has 2 aromatic rings. The van der Waals surface area contributed by atoms with Crippen molar-refractivity contribution >= 4 is 29.7 Å². The summed E-state index contributed by atoms with van der Waals surface area (Å²) >= 11 is 6.05. The Hall–Kier alpha value is -3.30. The number of benzene rings is 2. The molecule has 1 heterocycles. The molecular formula is C31H42ClN3O6. The lowest BCUT2D eigenvalue weighted by molar-refractivity contribution is -0.155. The quantitative estimate of drug-likeness (QED) is 0.339. The number of halogens is 1. The van der Waals surface area contributed by atoms with Gasteiger partial charge >= 0.3 is 12.2 Å². The summed E-state index contributed by atoms with van der Waals surface area (Å²) in [6.45, 7) is 10.1. The fourth-order valence-corrected chi connectivity index (χ4v) is 5.10. The van der Waals surface area contributed by atoms with Gasteiger partial charge in [0.15, 0.2) is 0 Å². The van der Waals surface area contributed by atoms with Crippen molar-refractivity contribution in [3.8, 4) is 0 Å². The lowest BCUT2D eigenvalue weighted by Crippen LogP contribution is -2.60.